The summed E-state index contributed by atoms with van der Waals surface area (Å²) in [6, 6.07) is 11.9. The first-order chi connectivity index (χ1) is 13.8. The molecule has 0 saturated carbocycles. The van der Waals surface area contributed by atoms with Crippen molar-refractivity contribution in [3.63, 3.8) is 0 Å². The number of amides is 1. The highest BCUT2D eigenvalue weighted by molar-refractivity contribution is 7.92. The van der Waals surface area contributed by atoms with Crippen molar-refractivity contribution in [3.05, 3.63) is 48.0 Å². The minimum atomic E-state index is -3.55. The van der Waals surface area contributed by atoms with Gasteiger partial charge in [0.25, 0.3) is 5.91 Å². The van der Waals surface area contributed by atoms with Crippen LogP contribution in [-0.2, 0) is 14.8 Å². The fourth-order valence-corrected chi connectivity index (χ4v) is 4.29. The molecule has 1 amide bonds. The number of hydrogen-bond acceptors (Lipinski definition) is 6. The highest BCUT2D eigenvalue weighted by Gasteiger charge is 2.35. The molecule has 2 aliphatic rings. The molecular weight excluding hydrogens is 396 g/mol. The second-order valence-corrected chi connectivity index (χ2v) is 8.91. The molecule has 0 spiro atoms. The summed E-state index contributed by atoms with van der Waals surface area (Å²) in [4.78, 5) is 12.8. The Bertz CT molecular complexity index is 1040. The second-order valence-electron chi connectivity index (χ2n) is 7.00. The fourth-order valence-electron chi connectivity index (χ4n) is 3.37. The van der Waals surface area contributed by atoms with E-state index in [-0.39, 0.29) is 12.6 Å². The monoisotopic (exact) mass is 418 g/mol. The van der Waals surface area contributed by atoms with Gasteiger partial charge >= 0.3 is 0 Å². The molecule has 2 aromatic carbocycles. The molecule has 0 aliphatic carbocycles. The number of hydrogen-bond donors (Lipinski definition) is 1. The van der Waals surface area contributed by atoms with E-state index in [4.69, 9.17) is 14.2 Å². The molecule has 2 heterocycles. The molecule has 154 valence electrons. The predicted molar refractivity (Wildman–Crippen MR) is 107 cm³/mol. The van der Waals surface area contributed by atoms with Gasteiger partial charge in [0.15, 0.2) is 17.6 Å². The Labute approximate surface area is 169 Å². The van der Waals surface area contributed by atoms with Gasteiger partial charge in [0.05, 0.1) is 24.5 Å². The number of carbonyl (C=O) groups excluding carboxylic acids is 1. The summed E-state index contributed by atoms with van der Waals surface area (Å²) in [6.07, 6.45) is 0.154. The molecule has 2 aliphatic heterocycles. The van der Waals surface area contributed by atoms with Crippen LogP contribution in [0.1, 0.15) is 18.5 Å². The van der Waals surface area contributed by atoms with Crippen LogP contribution in [0.25, 0.3) is 0 Å². The van der Waals surface area contributed by atoms with E-state index in [2.05, 4.69) is 5.32 Å². The third-order valence-electron chi connectivity index (χ3n) is 4.85. The zero-order valence-electron chi connectivity index (χ0n) is 16.1. The molecule has 2 aromatic rings. The van der Waals surface area contributed by atoms with Gasteiger partial charge < -0.3 is 19.5 Å². The summed E-state index contributed by atoms with van der Waals surface area (Å²) in [5.41, 5.74) is 1.28. The van der Waals surface area contributed by atoms with E-state index in [1.165, 1.54) is 4.31 Å². The minimum Gasteiger partial charge on any atom is -0.486 e. The van der Waals surface area contributed by atoms with E-state index in [1.54, 1.807) is 24.3 Å². The highest BCUT2D eigenvalue weighted by atomic mass is 32.2. The van der Waals surface area contributed by atoms with Crippen LogP contribution >= 0.6 is 0 Å². The van der Waals surface area contributed by atoms with E-state index >= 15 is 0 Å². The van der Waals surface area contributed by atoms with Crippen LogP contribution in [0.3, 0.4) is 0 Å². The van der Waals surface area contributed by atoms with E-state index in [0.717, 1.165) is 11.8 Å². The SMILES string of the molecule is C[C@H](NC(=O)[C@H]1CN(S(C)(=O)=O)c2ccccc2O1)c1ccc2c(c1)OCCO2. The lowest BCUT2D eigenvalue weighted by molar-refractivity contribution is -0.128. The van der Waals surface area contributed by atoms with Crippen LogP contribution in [0.15, 0.2) is 42.5 Å². The van der Waals surface area contributed by atoms with Gasteiger partial charge in [-0.3, -0.25) is 9.10 Å². The van der Waals surface area contributed by atoms with Crippen molar-refractivity contribution in [1.82, 2.24) is 5.32 Å². The van der Waals surface area contributed by atoms with E-state index in [9.17, 15) is 13.2 Å². The average molecular weight is 418 g/mol. The third kappa shape index (κ3) is 3.95. The lowest BCUT2D eigenvalue weighted by Crippen LogP contribution is -2.50. The summed E-state index contributed by atoms with van der Waals surface area (Å²) in [6.45, 7) is 2.74. The average Bonchev–Trinajstić information content (AvgIpc) is 2.71. The van der Waals surface area contributed by atoms with Gasteiger partial charge in [-0.1, -0.05) is 18.2 Å². The van der Waals surface area contributed by atoms with E-state index in [1.807, 2.05) is 25.1 Å². The molecule has 0 radical (unpaired) electrons. The quantitative estimate of drug-likeness (QED) is 0.815. The summed E-state index contributed by atoms with van der Waals surface area (Å²) < 4.78 is 42.5. The molecule has 2 atom stereocenters. The Kier molecular flexibility index (Phi) is 4.99. The first kappa shape index (κ1) is 19.4. The Hall–Kier alpha value is -2.94. The zero-order valence-corrected chi connectivity index (χ0v) is 16.9. The number of rotatable bonds is 4. The molecule has 0 saturated heterocycles. The van der Waals surface area contributed by atoms with Crippen molar-refractivity contribution < 1.29 is 27.4 Å². The summed E-state index contributed by atoms with van der Waals surface area (Å²) in [7, 11) is -3.55. The lowest BCUT2D eigenvalue weighted by atomic mass is 10.1. The van der Waals surface area contributed by atoms with Crippen LogP contribution in [0.2, 0.25) is 0 Å². The van der Waals surface area contributed by atoms with Crippen molar-refractivity contribution >= 4 is 21.6 Å². The number of benzene rings is 2. The number of ether oxygens (including phenoxy) is 3. The van der Waals surface area contributed by atoms with Gasteiger partial charge in [-0.15, -0.1) is 0 Å². The largest absolute Gasteiger partial charge is 0.486 e. The number of anilines is 1. The third-order valence-corrected chi connectivity index (χ3v) is 6.00. The number of fused-ring (bicyclic) bond motifs is 2. The molecule has 0 bridgehead atoms. The molecule has 4 rings (SSSR count). The van der Waals surface area contributed by atoms with Gasteiger partial charge in [0.2, 0.25) is 10.0 Å². The molecule has 29 heavy (non-hydrogen) atoms. The van der Waals surface area contributed by atoms with Crippen LogP contribution < -0.4 is 23.8 Å². The molecule has 0 aromatic heterocycles. The number of sulfonamides is 1. The molecule has 0 unspecified atom stereocenters. The van der Waals surface area contributed by atoms with E-state index < -0.39 is 22.0 Å². The summed E-state index contributed by atoms with van der Waals surface area (Å²) >= 11 is 0. The Morgan fingerprint density at radius 2 is 1.83 bits per heavy atom. The lowest BCUT2D eigenvalue weighted by Gasteiger charge is -2.34. The predicted octanol–water partition coefficient (Wildman–Crippen LogP) is 1.86. The number of carbonyl (C=O) groups is 1. The second kappa shape index (κ2) is 7.47. The maximum Gasteiger partial charge on any atom is 0.263 e. The molecule has 0 fully saturated rings. The molecule has 1 N–H and O–H groups in total. The Morgan fingerprint density at radius 1 is 1.10 bits per heavy atom. The zero-order chi connectivity index (χ0) is 20.6. The first-order valence-electron chi connectivity index (χ1n) is 9.26. The van der Waals surface area contributed by atoms with Crippen molar-refractivity contribution in [2.45, 2.75) is 19.1 Å². The Morgan fingerprint density at radius 3 is 2.59 bits per heavy atom. The maximum atomic E-state index is 12.8. The summed E-state index contributed by atoms with van der Waals surface area (Å²) in [5.74, 6) is 1.28. The van der Waals surface area contributed by atoms with Crippen molar-refractivity contribution in [2.75, 3.05) is 30.3 Å². The van der Waals surface area contributed by atoms with Gasteiger partial charge in [-0.2, -0.15) is 0 Å². The van der Waals surface area contributed by atoms with E-state index in [0.29, 0.717) is 36.1 Å². The minimum absolute atomic E-state index is 0.0878. The van der Waals surface area contributed by atoms with Gasteiger partial charge in [0, 0.05) is 0 Å². The van der Waals surface area contributed by atoms with Gasteiger partial charge in [0.1, 0.15) is 19.0 Å². The fraction of sp³-hybridized carbons (Fsp3) is 0.350. The normalized spacial score (nSPS) is 19.0. The van der Waals surface area contributed by atoms with Crippen molar-refractivity contribution in [1.29, 1.82) is 0 Å². The number of para-hydroxylation sites is 2. The van der Waals surface area contributed by atoms with Crippen LogP contribution in [-0.4, -0.2) is 46.4 Å². The van der Waals surface area contributed by atoms with Gasteiger partial charge in [-0.25, -0.2) is 8.42 Å². The van der Waals surface area contributed by atoms with Crippen LogP contribution in [0, 0.1) is 0 Å². The van der Waals surface area contributed by atoms with Crippen molar-refractivity contribution in [3.8, 4) is 17.2 Å². The molecule has 8 nitrogen and oxygen atoms in total. The van der Waals surface area contributed by atoms with Gasteiger partial charge in [-0.05, 0) is 36.8 Å². The molecular formula is C20H22N2O6S. The van der Waals surface area contributed by atoms with Crippen molar-refractivity contribution in [2.24, 2.45) is 0 Å². The Balaban J connectivity index is 1.51. The molecule has 9 heteroatoms. The van der Waals surface area contributed by atoms with Crippen LogP contribution in [0.4, 0.5) is 5.69 Å². The topological polar surface area (TPSA) is 94.2 Å². The smallest absolute Gasteiger partial charge is 0.263 e. The highest BCUT2D eigenvalue weighted by Crippen LogP contribution is 2.35. The number of nitrogens with zero attached hydrogens (tertiary/aromatic N) is 1. The number of nitrogens with one attached hydrogen (secondary N) is 1. The first-order valence-corrected chi connectivity index (χ1v) is 11.1. The van der Waals surface area contributed by atoms with Crippen LogP contribution in [0.5, 0.6) is 17.2 Å². The maximum absolute atomic E-state index is 12.8. The summed E-state index contributed by atoms with van der Waals surface area (Å²) in [5, 5.41) is 2.89. The standard InChI is InChI=1S/C20H22N2O6S/c1-13(14-7-8-17-18(11-14)27-10-9-26-17)21-20(23)19-12-22(29(2,24)25)15-5-3-4-6-16(15)28-19/h3-8,11,13,19H,9-10,12H2,1-2H3,(H,21,23)/t13-,19+/m0/s1.